The minimum atomic E-state index is -3.94. The molecule has 1 heterocycles. The van der Waals surface area contributed by atoms with Gasteiger partial charge in [-0.05, 0) is 18.6 Å². The van der Waals surface area contributed by atoms with Crippen LogP contribution in [0.2, 0.25) is 0 Å². The van der Waals surface area contributed by atoms with E-state index in [0.29, 0.717) is 0 Å². The van der Waals surface area contributed by atoms with Crippen LogP contribution >= 0.6 is 0 Å². The summed E-state index contributed by atoms with van der Waals surface area (Å²) in [4.78, 5) is 14.2. The Morgan fingerprint density at radius 1 is 1.61 bits per heavy atom. The molecule has 0 spiro atoms. The fourth-order valence-electron chi connectivity index (χ4n) is 1.17. The molecule has 0 amide bonds. The van der Waals surface area contributed by atoms with Crippen LogP contribution in [-0.4, -0.2) is 30.5 Å². The third kappa shape index (κ3) is 3.26. The van der Waals surface area contributed by atoms with E-state index in [0.717, 1.165) is 6.20 Å². The molecule has 0 bridgehead atoms. The zero-order valence-electron chi connectivity index (χ0n) is 9.49. The molecule has 0 unspecified atom stereocenters. The number of nitrogens with zero attached hydrogens (tertiary/aromatic N) is 2. The van der Waals surface area contributed by atoms with Crippen LogP contribution < -0.4 is 4.72 Å². The quantitative estimate of drug-likeness (QED) is 0.781. The Balaban J connectivity index is 2.99. The molecule has 1 rings (SSSR count). The van der Waals surface area contributed by atoms with E-state index < -0.39 is 22.0 Å². The van der Waals surface area contributed by atoms with Crippen molar-refractivity contribution in [3.8, 4) is 6.07 Å². The SMILES string of the molecule is CC[C@H](NS(=O)(=O)c1ccc(C#N)nc1)C(=O)O. The van der Waals surface area contributed by atoms with Gasteiger partial charge in [-0.3, -0.25) is 4.79 Å². The van der Waals surface area contributed by atoms with Gasteiger partial charge in [-0.2, -0.15) is 9.98 Å². The Morgan fingerprint density at radius 2 is 2.28 bits per heavy atom. The summed E-state index contributed by atoms with van der Waals surface area (Å²) < 4.78 is 25.7. The Morgan fingerprint density at radius 3 is 2.67 bits per heavy atom. The summed E-state index contributed by atoms with van der Waals surface area (Å²) in [6.07, 6.45) is 1.13. The molecule has 18 heavy (non-hydrogen) atoms. The summed E-state index contributed by atoms with van der Waals surface area (Å²) >= 11 is 0. The molecule has 0 aromatic carbocycles. The molecule has 0 aliphatic heterocycles. The number of carboxylic acid groups (broad SMARTS) is 1. The van der Waals surface area contributed by atoms with E-state index >= 15 is 0 Å². The van der Waals surface area contributed by atoms with Crippen LogP contribution in [0.1, 0.15) is 19.0 Å². The number of rotatable bonds is 5. The van der Waals surface area contributed by atoms with Gasteiger partial charge in [0.2, 0.25) is 10.0 Å². The summed E-state index contributed by atoms with van der Waals surface area (Å²) in [6, 6.07) is 3.01. The van der Waals surface area contributed by atoms with E-state index in [4.69, 9.17) is 10.4 Å². The molecule has 1 aromatic rings. The zero-order valence-corrected chi connectivity index (χ0v) is 10.3. The smallest absolute Gasteiger partial charge is 0.321 e. The molecule has 0 fully saturated rings. The Kier molecular flexibility index (Phi) is 4.36. The van der Waals surface area contributed by atoms with Gasteiger partial charge in [0.05, 0.1) is 0 Å². The first-order valence-electron chi connectivity index (χ1n) is 5.02. The third-order valence-electron chi connectivity index (χ3n) is 2.16. The topological polar surface area (TPSA) is 120 Å². The van der Waals surface area contributed by atoms with Gasteiger partial charge in [-0.1, -0.05) is 6.92 Å². The van der Waals surface area contributed by atoms with Crippen molar-refractivity contribution in [1.82, 2.24) is 9.71 Å². The standard InChI is InChI=1S/C10H11N3O4S/c1-2-9(10(14)15)13-18(16,17)8-4-3-7(5-11)12-6-8/h3-4,6,9,13H,2H2,1H3,(H,14,15)/t9-/m0/s1. The van der Waals surface area contributed by atoms with Gasteiger partial charge in [0, 0.05) is 6.20 Å². The maximum absolute atomic E-state index is 11.8. The van der Waals surface area contributed by atoms with Gasteiger partial charge in [0.25, 0.3) is 0 Å². The van der Waals surface area contributed by atoms with Crippen LogP contribution in [0.5, 0.6) is 0 Å². The number of nitrogens with one attached hydrogen (secondary N) is 1. The molecule has 96 valence electrons. The van der Waals surface area contributed by atoms with Crippen molar-refractivity contribution >= 4 is 16.0 Å². The molecule has 0 aliphatic rings. The van der Waals surface area contributed by atoms with Crippen LogP contribution in [0.15, 0.2) is 23.2 Å². The minimum absolute atomic E-state index is 0.0826. The average Bonchev–Trinajstić information content (AvgIpc) is 2.35. The van der Waals surface area contributed by atoms with Gasteiger partial charge >= 0.3 is 5.97 Å². The molecule has 1 atom stereocenters. The average molecular weight is 269 g/mol. The highest BCUT2D eigenvalue weighted by Gasteiger charge is 2.23. The fraction of sp³-hybridized carbons (Fsp3) is 0.300. The predicted octanol–water partition coefficient (Wildman–Crippen LogP) is 0.0948. The van der Waals surface area contributed by atoms with E-state index in [1.165, 1.54) is 12.1 Å². The van der Waals surface area contributed by atoms with Crippen molar-refractivity contribution in [1.29, 1.82) is 5.26 Å². The van der Waals surface area contributed by atoms with Crippen molar-refractivity contribution < 1.29 is 18.3 Å². The second-order valence-electron chi connectivity index (χ2n) is 3.41. The minimum Gasteiger partial charge on any atom is -0.480 e. The number of aliphatic carboxylic acids is 1. The van der Waals surface area contributed by atoms with E-state index in [-0.39, 0.29) is 17.0 Å². The first-order valence-corrected chi connectivity index (χ1v) is 6.50. The molecule has 8 heteroatoms. The van der Waals surface area contributed by atoms with Crippen molar-refractivity contribution in [3.05, 3.63) is 24.0 Å². The highest BCUT2D eigenvalue weighted by atomic mass is 32.2. The summed E-state index contributed by atoms with van der Waals surface area (Å²) in [5.41, 5.74) is 0.0826. The van der Waals surface area contributed by atoms with Crippen LogP contribution in [0.25, 0.3) is 0 Å². The monoisotopic (exact) mass is 269 g/mol. The van der Waals surface area contributed by atoms with E-state index in [9.17, 15) is 13.2 Å². The normalized spacial score (nSPS) is 12.7. The lowest BCUT2D eigenvalue weighted by molar-refractivity contribution is -0.139. The number of carbonyl (C=O) groups is 1. The van der Waals surface area contributed by atoms with Crippen molar-refractivity contribution in [2.45, 2.75) is 24.3 Å². The fourth-order valence-corrected chi connectivity index (χ4v) is 2.39. The van der Waals surface area contributed by atoms with Crippen molar-refractivity contribution in [3.63, 3.8) is 0 Å². The highest BCUT2D eigenvalue weighted by molar-refractivity contribution is 7.89. The van der Waals surface area contributed by atoms with Gasteiger partial charge in [0.15, 0.2) is 0 Å². The lowest BCUT2D eigenvalue weighted by atomic mass is 10.2. The lowest BCUT2D eigenvalue weighted by Gasteiger charge is -2.12. The van der Waals surface area contributed by atoms with Crippen LogP contribution in [-0.2, 0) is 14.8 Å². The molecule has 0 saturated heterocycles. The van der Waals surface area contributed by atoms with Crippen LogP contribution in [0.3, 0.4) is 0 Å². The summed E-state index contributed by atoms with van der Waals surface area (Å²) in [5.74, 6) is -1.25. The van der Waals surface area contributed by atoms with E-state index in [1.54, 1.807) is 13.0 Å². The summed E-state index contributed by atoms with van der Waals surface area (Å²) in [5, 5.41) is 17.3. The molecule has 0 saturated carbocycles. The summed E-state index contributed by atoms with van der Waals surface area (Å²) in [6.45, 7) is 1.55. The Labute approximate surface area is 104 Å². The number of hydrogen-bond acceptors (Lipinski definition) is 5. The highest BCUT2D eigenvalue weighted by Crippen LogP contribution is 2.09. The van der Waals surface area contributed by atoms with Crippen molar-refractivity contribution in [2.24, 2.45) is 0 Å². The molecular formula is C10H11N3O4S. The van der Waals surface area contributed by atoms with Crippen LogP contribution in [0.4, 0.5) is 0 Å². The third-order valence-corrected chi connectivity index (χ3v) is 3.62. The molecule has 0 radical (unpaired) electrons. The Hall–Kier alpha value is -1.98. The zero-order chi connectivity index (χ0) is 13.8. The second kappa shape index (κ2) is 5.57. The maximum Gasteiger partial charge on any atom is 0.321 e. The van der Waals surface area contributed by atoms with Crippen LogP contribution in [0, 0.1) is 11.3 Å². The first kappa shape index (κ1) is 14.1. The molecule has 1 aromatic heterocycles. The van der Waals surface area contributed by atoms with Crippen molar-refractivity contribution in [2.75, 3.05) is 0 Å². The number of nitriles is 1. The number of aromatic nitrogens is 1. The van der Waals surface area contributed by atoms with Gasteiger partial charge in [-0.25, -0.2) is 13.4 Å². The Bertz CT molecular complexity index is 574. The lowest BCUT2D eigenvalue weighted by Crippen LogP contribution is -2.40. The second-order valence-corrected chi connectivity index (χ2v) is 5.13. The summed E-state index contributed by atoms with van der Waals surface area (Å²) in [7, 11) is -3.94. The molecule has 2 N–H and O–H groups in total. The number of hydrogen-bond donors (Lipinski definition) is 2. The first-order chi connectivity index (χ1) is 8.40. The van der Waals surface area contributed by atoms with Gasteiger partial charge < -0.3 is 5.11 Å². The largest absolute Gasteiger partial charge is 0.480 e. The molecular weight excluding hydrogens is 258 g/mol. The molecule has 0 aliphatic carbocycles. The number of sulfonamides is 1. The van der Waals surface area contributed by atoms with E-state index in [1.807, 2.05) is 4.72 Å². The van der Waals surface area contributed by atoms with Gasteiger partial charge in [0.1, 0.15) is 22.7 Å². The molecule has 7 nitrogen and oxygen atoms in total. The van der Waals surface area contributed by atoms with Gasteiger partial charge in [-0.15, -0.1) is 0 Å². The maximum atomic E-state index is 11.8. The predicted molar refractivity (Wildman–Crippen MR) is 61.0 cm³/mol. The number of pyridine rings is 1. The number of carboxylic acids is 1. The van der Waals surface area contributed by atoms with E-state index in [2.05, 4.69) is 4.98 Å².